The van der Waals surface area contributed by atoms with E-state index in [0.29, 0.717) is 6.04 Å². The molecule has 2 heterocycles. The van der Waals surface area contributed by atoms with Gasteiger partial charge in [-0.05, 0) is 63.1 Å². The number of pyridine rings is 1. The molecule has 0 unspecified atom stereocenters. The van der Waals surface area contributed by atoms with Crippen molar-refractivity contribution in [2.45, 2.75) is 80.2 Å². The van der Waals surface area contributed by atoms with E-state index in [1.807, 2.05) is 20.0 Å². The molecule has 0 bridgehead atoms. The van der Waals surface area contributed by atoms with Crippen LogP contribution in [0, 0.1) is 5.92 Å². The van der Waals surface area contributed by atoms with Crippen LogP contribution in [0.3, 0.4) is 0 Å². The average molecular weight is 303 g/mol. The second-order valence-corrected chi connectivity index (χ2v) is 6.70. The van der Waals surface area contributed by atoms with Gasteiger partial charge in [0.15, 0.2) is 0 Å². The molecule has 0 N–H and O–H groups in total. The summed E-state index contributed by atoms with van der Waals surface area (Å²) in [6, 6.07) is 4.80. The minimum absolute atomic E-state index is 0.513. The number of rotatable bonds is 1. The van der Waals surface area contributed by atoms with Crippen molar-refractivity contribution in [1.29, 1.82) is 0 Å². The third kappa shape index (κ3) is 4.34. The van der Waals surface area contributed by atoms with Crippen LogP contribution in [0.25, 0.3) is 11.0 Å². The molecule has 2 nitrogen and oxygen atoms in total. The van der Waals surface area contributed by atoms with E-state index in [9.17, 15) is 0 Å². The van der Waals surface area contributed by atoms with Crippen LogP contribution in [0.15, 0.2) is 18.3 Å². The van der Waals surface area contributed by atoms with Gasteiger partial charge in [-0.3, -0.25) is 0 Å². The zero-order chi connectivity index (χ0) is 16.7. The topological polar surface area (TPSA) is 17.8 Å². The minimum Gasteiger partial charge on any atom is -0.327 e. The van der Waals surface area contributed by atoms with Crippen LogP contribution in [0.1, 0.15) is 78.6 Å². The monoisotopic (exact) mass is 302 g/mol. The average Bonchev–Trinajstić information content (AvgIpc) is 2.83. The Bertz CT molecular complexity index is 562. The summed E-state index contributed by atoms with van der Waals surface area (Å²) in [5.74, 6) is 0.833. The standard InChI is InChI=1S/C14H18N2.C4H10.C2H6/c1-10(2)16-13-8-4-3-6-11(13)12-7-5-9-15-14(12)16;1-4(2)3;1-2/h5,7,9-10H,3-4,6,8H2,1-2H3;4H,1-3H3;1-2H3. The van der Waals surface area contributed by atoms with Gasteiger partial charge >= 0.3 is 0 Å². The zero-order valence-corrected chi connectivity index (χ0v) is 15.6. The molecule has 0 saturated carbocycles. The Morgan fingerprint density at radius 2 is 1.59 bits per heavy atom. The van der Waals surface area contributed by atoms with E-state index in [4.69, 9.17) is 0 Å². The minimum atomic E-state index is 0.513. The fourth-order valence-electron chi connectivity index (χ4n) is 2.95. The molecule has 1 aliphatic rings. The van der Waals surface area contributed by atoms with Crippen molar-refractivity contribution in [3.63, 3.8) is 0 Å². The van der Waals surface area contributed by atoms with Crippen LogP contribution in [-0.4, -0.2) is 9.55 Å². The predicted octanol–water partition coefficient (Wildman–Crippen LogP) is 6.18. The molecule has 2 heteroatoms. The maximum absolute atomic E-state index is 4.57. The van der Waals surface area contributed by atoms with Gasteiger partial charge in [0.25, 0.3) is 0 Å². The van der Waals surface area contributed by atoms with E-state index in [1.54, 1.807) is 5.56 Å². The lowest BCUT2D eigenvalue weighted by Crippen LogP contribution is -2.10. The third-order valence-electron chi connectivity index (χ3n) is 3.59. The smallest absolute Gasteiger partial charge is 0.140 e. The first-order valence-electron chi connectivity index (χ1n) is 8.99. The predicted molar refractivity (Wildman–Crippen MR) is 98.6 cm³/mol. The summed E-state index contributed by atoms with van der Waals surface area (Å²) in [6.45, 7) is 15.0. The van der Waals surface area contributed by atoms with Gasteiger partial charge in [0, 0.05) is 23.3 Å². The molecule has 0 saturated heterocycles. The number of hydrogen-bond acceptors (Lipinski definition) is 1. The molecule has 3 rings (SSSR count). The molecule has 22 heavy (non-hydrogen) atoms. The molecule has 2 aromatic rings. The molecule has 0 amide bonds. The second kappa shape index (κ2) is 8.97. The molecule has 0 radical (unpaired) electrons. The van der Waals surface area contributed by atoms with E-state index in [-0.39, 0.29) is 0 Å². The molecule has 2 aromatic heterocycles. The number of nitrogens with zero attached hydrogens (tertiary/aromatic N) is 2. The molecular weight excluding hydrogens is 268 g/mol. The highest BCUT2D eigenvalue weighted by Gasteiger charge is 2.21. The molecular formula is C20H34N2. The van der Waals surface area contributed by atoms with Gasteiger partial charge in [0.05, 0.1) is 0 Å². The maximum Gasteiger partial charge on any atom is 0.140 e. The largest absolute Gasteiger partial charge is 0.327 e. The Balaban J connectivity index is 0.000000354. The Kier molecular flexibility index (Phi) is 7.64. The fourth-order valence-corrected chi connectivity index (χ4v) is 2.95. The molecule has 0 atom stereocenters. The van der Waals surface area contributed by atoms with Crippen molar-refractivity contribution in [3.05, 3.63) is 29.6 Å². The summed E-state index contributed by atoms with van der Waals surface area (Å²) in [6.07, 6.45) is 7.03. The maximum atomic E-state index is 4.57. The zero-order valence-electron chi connectivity index (χ0n) is 15.6. The van der Waals surface area contributed by atoms with Gasteiger partial charge in [-0.25, -0.2) is 4.98 Å². The SMILES string of the molecule is CC.CC(C)C.CC(C)n1c2c(c3cccnc31)CCCC2. The molecule has 0 aliphatic heterocycles. The molecule has 124 valence electrons. The van der Waals surface area contributed by atoms with E-state index in [2.05, 4.69) is 56.3 Å². The van der Waals surface area contributed by atoms with Crippen molar-refractivity contribution in [2.24, 2.45) is 5.92 Å². The number of hydrogen-bond donors (Lipinski definition) is 0. The first kappa shape index (κ1) is 18.7. The van der Waals surface area contributed by atoms with Crippen molar-refractivity contribution < 1.29 is 0 Å². The second-order valence-electron chi connectivity index (χ2n) is 6.70. The Morgan fingerprint density at radius 1 is 1.00 bits per heavy atom. The molecule has 0 aromatic carbocycles. The quantitative estimate of drug-likeness (QED) is 0.614. The van der Waals surface area contributed by atoms with Gasteiger partial charge in [0.1, 0.15) is 5.65 Å². The van der Waals surface area contributed by atoms with Crippen molar-refractivity contribution in [3.8, 4) is 0 Å². The molecule has 0 spiro atoms. The Labute approximate surface area is 137 Å². The fraction of sp³-hybridized carbons (Fsp3) is 0.650. The number of aryl methyl sites for hydroxylation is 1. The highest BCUT2D eigenvalue weighted by molar-refractivity contribution is 5.82. The van der Waals surface area contributed by atoms with Crippen molar-refractivity contribution in [1.82, 2.24) is 9.55 Å². The van der Waals surface area contributed by atoms with Gasteiger partial charge in [-0.1, -0.05) is 34.6 Å². The van der Waals surface area contributed by atoms with Crippen LogP contribution >= 0.6 is 0 Å². The van der Waals surface area contributed by atoms with E-state index >= 15 is 0 Å². The normalized spacial score (nSPS) is 13.3. The third-order valence-corrected chi connectivity index (χ3v) is 3.59. The highest BCUT2D eigenvalue weighted by Crippen LogP contribution is 2.33. The van der Waals surface area contributed by atoms with Gasteiger partial charge in [-0.15, -0.1) is 0 Å². The van der Waals surface area contributed by atoms with Gasteiger partial charge < -0.3 is 4.57 Å². The summed E-state index contributed by atoms with van der Waals surface area (Å²) in [5.41, 5.74) is 4.28. The van der Waals surface area contributed by atoms with E-state index in [0.717, 1.165) is 5.92 Å². The summed E-state index contributed by atoms with van der Waals surface area (Å²) >= 11 is 0. The van der Waals surface area contributed by atoms with Crippen LogP contribution in [0.2, 0.25) is 0 Å². The van der Waals surface area contributed by atoms with Crippen LogP contribution in [-0.2, 0) is 12.8 Å². The lowest BCUT2D eigenvalue weighted by atomic mass is 9.96. The summed E-state index contributed by atoms with van der Waals surface area (Å²) < 4.78 is 2.43. The summed E-state index contributed by atoms with van der Waals surface area (Å²) in [7, 11) is 0. The number of fused-ring (bicyclic) bond motifs is 3. The van der Waals surface area contributed by atoms with Crippen LogP contribution in [0.5, 0.6) is 0 Å². The number of aromatic nitrogens is 2. The van der Waals surface area contributed by atoms with Crippen molar-refractivity contribution >= 4 is 11.0 Å². The Morgan fingerprint density at radius 3 is 2.18 bits per heavy atom. The Hall–Kier alpha value is -1.31. The summed E-state index contributed by atoms with van der Waals surface area (Å²) in [5, 5.41) is 1.38. The molecule has 1 aliphatic carbocycles. The molecule has 0 fully saturated rings. The first-order valence-corrected chi connectivity index (χ1v) is 8.99. The highest BCUT2D eigenvalue weighted by atomic mass is 15.1. The van der Waals surface area contributed by atoms with Crippen LogP contribution < -0.4 is 0 Å². The van der Waals surface area contributed by atoms with E-state index < -0.39 is 0 Å². The van der Waals surface area contributed by atoms with E-state index in [1.165, 1.54) is 42.4 Å². The lowest BCUT2D eigenvalue weighted by Gasteiger charge is -2.18. The van der Waals surface area contributed by atoms with Crippen molar-refractivity contribution in [2.75, 3.05) is 0 Å². The van der Waals surface area contributed by atoms with Gasteiger partial charge in [-0.2, -0.15) is 0 Å². The summed E-state index contributed by atoms with van der Waals surface area (Å²) in [4.78, 5) is 4.57. The lowest BCUT2D eigenvalue weighted by molar-refractivity contribution is 0.558. The first-order chi connectivity index (χ1) is 10.5. The van der Waals surface area contributed by atoms with Crippen LogP contribution in [0.4, 0.5) is 0 Å². The van der Waals surface area contributed by atoms with Gasteiger partial charge in [0.2, 0.25) is 0 Å².